The molecule has 3 aromatic carbocycles. The molecular formula is C21H14N2O6. The highest BCUT2D eigenvalue weighted by Crippen LogP contribution is 2.44. The molecule has 0 amide bonds. The largest absolute Gasteiger partial charge is 0.507 e. The Morgan fingerprint density at radius 2 is 1.55 bits per heavy atom. The van der Waals surface area contributed by atoms with Gasteiger partial charge < -0.3 is 15.5 Å². The molecule has 0 spiro atoms. The van der Waals surface area contributed by atoms with E-state index >= 15 is 0 Å². The molecule has 8 heteroatoms. The van der Waals surface area contributed by atoms with E-state index in [9.17, 15) is 29.9 Å². The van der Waals surface area contributed by atoms with Crippen LogP contribution in [0.25, 0.3) is 0 Å². The number of hydrogen-bond donors (Lipinski definition) is 3. The van der Waals surface area contributed by atoms with Crippen LogP contribution in [0.4, 0.5) is 17.1 Å². The summed E-state index contributed by atoms with van der Waals surface area (Å²) in [6.07, 6.45) is 0. The predicted molar refractivity (Wildman–Crippen MR) is 104 cm³/mol. The molecular weight excluding hydrogens is 376 g/mol. The fraction of sp³-hybridized carbons (Fsp3) is 0.0476. The van der Waals surface area contributed by atoms with Gasteiger partial charge in [0.2, 0.25) is 11.6 Å². The van der Waals surface area contributed by atoms with Gasteiger partial charge in [-0.2, -0.15) is 0 Å². The topological polar surface area (TPSA) is 130 Å². The first-order valence-corrected chi connectivity index (χ1v) is 8.59. The lowest BCUT2D eigenvalue weighted by Gasteiger charge is -2.23. The number of fused-ring (bicyclic) bond motifs is 2. The first kappa shape index (κ1) is 18.2. The van der Waals surface area contributed by atoms with Crippen LogP contribution in [0.3, 0.4) is 0 Å². The number of para-hydroxylation sites is 1. The second-order valence-corrected chi connectivity index (χ2v) is 6.60. The maximum absolute atomic E-state index is 13.2. The number of nitrogens with one attached hydrogen (secondary N) is 1. The maximum atomic E-state index is 13.2. The molecule has 8 nitrogen and oxygen atoms in total. The number of benzene rings is 3. The molecule has 0 aliphatic heterocycles. The minimum atomic E-state index is -0.894. The minimum absolute atomic E-state index is 0.148. The van der Waals surface area contributed by atoms with Gasteiger partial charge in [0.25, 0.3) is 5.69 Å². The summed E-state index contributed by atoms with van der Waals surface area (Å²) in [6.45, 7) is 1.55. The predicted octanol–water partition coefficient (Wildman–Crippen LogP) is 3.83. The highest BCUT2D eigenvalue weighted by Gasteiger charge is 2.41. The molecule has 3 N–H and O–H groups in total. The number of phenolic OH excluding ortho intramolecular Hbond substituents is 2. The van der Waals surface area contributed by atoms with Gasteiger partial charge in [-0.3, -0.25) is 19.7 Å². The van der Waals surface area contributed by atoms with E-state index in [1.165, 1.54) is 6.07 Å². The lowest BCUT2D eigenvalue weighted by atomic mass is 9.80. The number of nitro groups is 1. The van der Waals surface area contributed by atoms with Gasteiger partial charge in [0.1, 0.15) is 17.1 Å². The maximum Gasteiger partial charge on any atom is 0.281 e. The van der Waals surface area contributed by atoms with Crippen molar-refractivity contribution < 1.29 is 24.7 Å². The second-order valence-electron chi connectivity index (χ2n) is 6.60. The third kappa shape index (κ3) is 2.69. The molecule has 1 aliphatic rings. The molecule has 144 valence electrons. The molecule has 0 fully saturated rings. The highest BCUT2D eigenvalue weighted by molar-refractivity contribution is 6.33. The standard InChI is InChI=1S/C21H14N2O6/c1-10-9-12(22-11-5-3-2-4-6-11)15-18(19(10)25)21(27)16-13(23(28)29)7-8-14(24)17(16)20(15)26/h2-9,22,24-25H,1H3. The molecule has 0 radical (unpaired) electrons. The quantitative estimate of drug-likeness (QED) is 0.275. The van der Waals surface area contributed by atoms with Crippen molar-refractivity contribution in [2.45, 2.75) is 6.92 Å². The summed E-state index contributed by atoms with van der Waals surface area (Å²) in [4.78, 5) is 37.0. The van der Waals surface area contributed by atoms with Gasteiger partial charge in [0, 0.05) is 11.8 Å². The van der Waals surface area contributed by atoms with Crippen LogP contribution in [0.5, 0.6) is 11.5 Å². The molecule has 0 saturated heterocycles. The number of aryl methyl sites for hydroxylation is 1. The van der Waals surface area contributed by atoms with Crippen LogP contribution in [0.15, 0.2) is 48.5 Å². The third-order valence-corrected chi connectivity index (χ3v) is 4.81. The van der Waals surface area contributed by atoms with E-state index in [-0.39, 0.29) is 16.8 Å². The van der Waals surface area contributed by atoms with Crippen LogP contribution in [0, 0.1) is 17.0 Å². The Kier molecular flexibility index (Phi) is 4.04. The van der Waals surface area contributed by atoms with Crippen LogP contribution in [0.2, 0.25) is 0 Å². The Morgan fingerprint density at radius 3 is 2.21 bits per heavy atom. The summed E-state index contributed by atoms with van der Waals surface area (Å²) >= 11 is 0. The molecule has 0 saturated carbocycles. The summed E-state index contributed by atoms with van der Waals surface area (Å²) in [7, 11) is 0. The normalized spacial score (nSPS) is 12.3. The van der Waals surface area contributed by atoms with Gasteiger partial charge in [-0.1, -0.05) is 18.2 Å². The average molecular weight is 390 g/mol. The average Bonchev–Trinajstić information content (AvgIpc) is 2.69. The van der Waals surface area contributed by atoms with E-state index in [1.54, 1.807) is 31.2 Å². The lowest BCUT2D eigenvalue weighted by molar-refractivity contribution is -0.385. The molecule has 0 atom stereocenters. The number of anilines is 2. The summed E-state index contributed by atoms with van der Waals surface area (Å²) < 4.78 is 0. The van der Waals surface area contributed by atoms with Gasteiger partial charge in [-0.05, 0) is 36.8 Å². The number of nitrogens with zero attached hydrogens (tertiary/aromatic N) is 1. The molecule has 0 bridgehead atoms. The number of carbonyl (C=O) groups excluding carboxylic acids is 2. The Morgan fingerprint density at radius 1 is 0.897 bits per heavy atom. The zero-order valence-electron chi connectivity index (χ0n) is 15.1. The van der Waals surface area contributed by atoms with Gasteiger partial charge in [0.05, 0.1) is 27.3 Å². The Bertz CT molecular complexity index is 1220. The Hall–Kier alpha value is -4.20. The number of hydrogen-bond acceptors (Lipinski definition) is 7. The first-order valence-electron chi connectivity index (χ1n) is 8.59. The number of rotatable bonds is 3. The van der Waals surface area contributed by atoms with Crippen molar-refractivity contribution in [3.63, 3.8) is 0 Å². The molecule has 0 unspecified atom stereocenters. The van der Waals surface area contributed by atoms with Crippen LogP contribution in [-0.4, -0.2) is 26.7 Å². The first-order chi connectivity index (χ1) is 13.8. The Balaban J connectivity index is 2.02. The van der Waals surface area contributed by atoms with E-state index in [0.717, 1.165) is 12.1 Å². The molecule has 0 aromatic heterocycles. The molecule has 1 aliphatic carbocycles. The fourth-order valence-corrected chi connectivity index (χ4v) is 3.48. The van der Waals surface area contributed by atoms with Gasteiger partial charge in [-0.25, -0.2) is 0 Å². The van der Waals surface area contributed by atoms with Crippen LogP contribution in [-0.2, 0) is 0 Å². The number of carbonyl (C=O) groups is 2. The summed E-state index contributed by atoms with van der Waals surface area (Å²) in [5.74, 6) is -2.65. The van der Waals surface area contributed by atoms with Crippen molar-refractivity contribution in [1.82, 2.24) is 0 Å². The Labute approximate surface area is 164 Å². The SMILES string of the molecule is Cc1cc(Nc2ccccc2)c2c(c1O)C(=O)c1c([N+](=O)[O-])ccc(O)c1C2=O. The van der Waals surface area contributed by atoms with E-state index in [1.807, 2.05) is 6.07 Å². The van der Waals surface area contributed by atoms with Crippen molar-refractivity contribution >= 4 is 28.6 Å². The molecule has 4 rings (SSSR count). The summed E-state index contributed by atoms with van der Waals surface area (Å²) in [5, 5.41) is 35.1. The number of aromatic hydroxyl groups is 2. The smallest absolute Gasteiger partial charge is 0.281 e. The van der Waals surface area contributed by atoms with E-state index in [2.05, 4.69) is 5.32 Å². The van der Waals surface area contributed by atoms with Crippen LogP contribution < -0.4 is 5.32 Å². The van der Waals surface area contributed by atoms with Crippen molar-refractivity contribution in [3.05, 3.63) is 86.5 Å². The number of ketones is 2. The van der Waals surface area contributed by atoms with Crippen LogP contribution >= 0.6 is 0 Å². The van der Waals surface area contributed by atoms with Crippen molar-refractivity contribution in [3.8, 4) is 11.5 Å². The van der Waals surface area contributed by atoms with Gasteiger partial charge in [-0.15, -0.1) is 0 Å². The highest BCUT2D eigenvalue weighted by atomic mass is 16.6. The molecule has 3 aromatic rings. The minimum Gasteiger partial charge on any atom is -0.507 e. The van der Waals surface area contributed by atoms with Crippen molar-refractivity contribution in [2.75, 3.05) is 5.32 Å². The fourth-order valence-electron chi connectivity index (χ4n) is 3.48. The number of nitro benzene ring substituents is 1. The summed E-state index contributed by atoms with van der Waals surface area (Å²) in [5.41, 5.74) is -0.865. The van der Waals surface area contributed by atoms with Crippen molar-refractivity contribution in [1.29, 1.82) is 0 Å². The van der Waals surface area contributed by atoms with Crippen LogP contribution in [0.1, 0.15) is 37.4 Å². The third-order valence-electron chi connectivity index (χ3n) is 4.81. The van der Waals surface area contributed by atoms with Gasteiger partial charge >= 0.3 is 0 Å². The molecule has 29 heavy (non-hydrogen) atoms. The zero-order valence-corrected chi connectivity index (χ0v) is 15.1. The second kappa shape index (κ2) is 6.45. The van der Waals surface area contributed by atoms with Gasteiger partial charge in [0.15, 0.2) is 0 Å². The van der Waals surface area contributed by atoms with E-state index in [4.69, 9.17) is 0 Å². The zero-order chi connectivity index (χ0) is 20.9. The van der Waals surface area contributed by atoms with E-state index < -0.39 is 44.8 Å². The molecule has 0 heterocycles. The lowest BCUT2D eigenvalue weighted by Crippen LogP contribution is -2.24. The summed E-state index contributed by atoms with van der Waals surface area (Å²) in [6, 6.07) is 12.3. The van der Waals surface area contributed by atoms with E-state index in [0.29, 0.717) is 11.3 Å². The van der Waals surface area contributed by atoms with Crippen molar-refractivity contribution in [2.24, 2.45) is 0 Å². The monoisotopic (exact) mass is 390 g/mol. The number of phenols is 2.